The number of carbonyl (C=O) groups excluding carboxylic acids is 1. The summed E-state index contributed by atoms with van der Waals surface area (Å²) in [6.07, 6.45) is 0.665. The van der Waals surface area contributed by atoms with Crippen molar-refractivity contribution in [2.75, 3.05) is 13.1 Å². The molecule has 21 heavy (non-hydrogen) atoms. The summed E-state index contributed by atoms with van der Waals surface area (Å²) in [7, 11) is 0. The fraction of sp³-hybridized carbons (Fsp3) is 0.235. The van der Waals surface area contributed by atoms with Gasteiger partial charge >= 0.3 is 0 Å². The molecule has 2 rings (SSSR count). The number of amides is 1. The number of halogens is 1. The number of benzene rings is 2. The Kier molecular flexibility index (Phi) is 5.46. The third-order valence-electron chi connectivity index (χ3n) is 3.38. The largest absolute Gasteiger partial charge is 0.355 e. The molecule has 0 aliphatic carbocycles. The van der Waals surface area contributed by atoms with Crippen LogP contribution in [-0.2, 0) is 11.2 Å². The standard InChI is InChI=1S/C17H19FN2O/c18-15-8-6-13(7-9-15)10-11-20-17(21)16(12-19)14-4-2-1-3-5-14/h1-9,16H,10-12,19H2,(H,20,21). The molecule has 3 nitrogen and oxygen atoms in total. The van der Waals surface area contributed by atoms with Gasteiger partial charge in [-0.25, -0.2) is 4.39 Å². The summed E-state index contributed by atoms with van der Waals surface area (Å²) in [6, 6.07) is 15.8. The zero-order chi connectivity index (χ0) is 15.1. The molecule has 3 N–H and O–H groups in total. The van der Waals surface area contributed by atoms with Crippen molar-refractivity contribution >= 4 is 5.91 Å². The number of rotatable bonds is 6. The second kappa shape index (κ2) is 7.55. The van der Waals surface area contributed by atoms with Crippen LogP contribution in [-0.4, -0.2) is 19.0 Å². The van der Waals surface area contributed by atoms with Crippen LogP contribution in [0.1, 0.15) is 17.0 Å². The third kappa shape index (κ3) is 4.39. The van der Waals surface area contributed by atoms with Gasteiger partial charge < -0.3 is 11.1 Å². The van der Waals surface area contributed by atoms with Gasteiger partial charge in [-0.15, -0.1) is 0 Å². The molecule has 1 amide bonds. The Balaban J connectivity index is 1.87. The topological polar surface area (TPSA) is 55.1 Å². The summed E-state index contributed by atoms with van der Waals surface area (Å²) >= 11 is 0. The molecule has 0 radical (unpaired) electrons. The molecule has 0 aromatic heterocycles. The van der Waals surface area contributed by atoms with Crippen molar-refractivity contribution in [3.05, 3.63) is 71.5 Å². The van der Waals surface area contributed by atoms with Crippen molar-refractivity contribution in [2.45, 2.75) is 12.3 Å². The van der Waals surface area contributed by atoms with Gasteiger partial charge in [-0.1, -0.05) is 42.5 Å². The van der Waals surface area contributed by atoms with Crippen molar-refractivity contribution in [3.63, 3.8) is 0 Å². The first-order valence-corrected chi connectivity index (χ1v) is 6.98. The quantitative estimate of drug-likeness (QED) is 0.855. The number of hydrogen-bond donors (Lipinski definition) is 2. The maximum atomic E-state index is 12.8. The lowest BCUT2D eigenvalue weighted by atomic mass is 9.98. The van der Waals surface area contributed by atoms with Crippen LogP contribution in [0.5, 0.6) is 0 Å². The van der Waals surface area contributed by atoms with Gasteiger partial charge in [0.25, 0.3) is 0 Å². The number of nitrogens with two attached hydrogens (primary N) is 1. The Morgan fingerprint density at radius 2 is 1.76 bits per heavy atom. The van der Waals surface area contributed by atoms with Gasteiger partial charge in [0, 0.05) is 13.1 Å². The van der Waals surface area contributed by atoms with Crippen LogP contribution >= 0.6 is 0 Å². The van der Waals surface area contributed by atoms with E-state index in [1.165, 1.54) is 12.1 Å². The Morgan fingerprint density at radius 3 is 2.38 bits per heavy atom. The molecule has 1 atom stereocenters. The highest BCUT2D eigenvalue weighted by atomic mass is 19.1. The molecule has 0 bridgehead atoms. The molecule has 2 aromatic rings. The van der Waals surface area contributed by atoms with E-state index in [1.54, 1.807) is 12.1 Å². The van der Waals surface area contributed by atoms with Gasteiger partial charge in [0.05, 0.1) is 5.92 Å². The Bertz CT molecular complexity index is 569. The fourth-order valence-electron chi connectivity index (χ4n) is 2.18. The molecule has 1 unspecified atom stereocenters. The number of hydrogen-bond acceptors (Lipinski definition) is 2. The van der Waals surface area contributed by atoms with E-state index < -0.39 is 0 Å². The molecule has 0 saturated heterocycles. The summed E-state index contributed by atoms with van der Waals surface area (Å²) < 4.78 is 12.8. The number of carbonyl (C=O) groups is 1. The lowest BCUT2D eigenvalue weighted by molar-refractivity contribution is -0.122. The Labute approximate surface area is 124 Å². The Hall–Kier alpha value is -2.20. The molecular formula is C17H19FN2O. The maximum Gasteiger partial charge on any atom is 0.228 e. The normalized spacial score (nSPS) is 11.9. The number of nitrogens with one attached hydrogen (secondary N) is 1. The zero-order valence-corrected chi connectivity index (χ0v) is 11.8. The molecule has 0 aliphatic rings. The highest BCUT2D eigenvalue weighted by molar-refractivity contribution is 5.83. The summed E-state index contributed by atoms with van der Waals surface area (Å²) in [6.45, 7) is 0.778. The van der Waals surface area contributed by atoms with E-state index in [0.29, 0.717) is 13.0 Å². The smallest absolute Gasteiger partial charge is 0.228 e. The molecule has 4 heteroatoms. The summed E-state index contributed by atoms with van der Waals surface area (Å²) in [5.41, 5.74) is 7.61. The highest BCUT2D eigenvalue weighted by Gasteiger charge is 2.17. The molecule has 0 heterocycles. The van der Waals surface area contributed by atoms with E-state index in [0.717, 1.165) is 11.1 Å². The van der Waals surface area contributed by atoms with E-state index in [-0.39, 0.29) is 24.2 Å². The van der Waals surface area contributed by atoms with Crippen molar-refractivity contribution in [1.82, 2.24) is 5.32 Å². The van der Waals surface area contributed by atoms with Crippen LogP contribution in [0, 0.1) is 5.82 Å². The summed E-state index contributed by atoms with van der Waals surface area (Å²) in [5, 5.41) is 2.88. The van der Waals surface area contributed by atoms with Crippen molar-refractivity contribution in [2.24, 2.45) is 5.73 Å². The van der Waals surface area contributed by atoms with Crippen molar-refractivity contribution in [1.29, 1.82) is 0 Å². The van der Waals surface area contributed by atoms with E-state index in [2.05, 4.69) is 5.32 Å². The van der Waals surface area contributed by atoms with Crippen molar-refractivity contribution < 1.29 is 9.18 Å². The second-order valence-corrected chi connectivity index (χ2v) is 4.87. The van der Waals surface area contributed by atoms with Crippen LogP contribution in [0.4, 0.5) is 4.39 Å². The van der Waals surface area contributed by atoms with Gasteiger partial charge in [-0.05, 0) is 29.7 Å². The molecule has 0 aliphatic heterocycles. The third-order valence-corrected chi connectivity index (χ3v) is 3.38. The molecule has 0 fully saturated rings. The molecule has 2 aromatic carbocycles. The maximum absolute atomic E-state index is 12.8. The summed E-state index contributed by atoms with van der Waals surface area (Å²) in [5.74, 6) is -0.666. The Morgan fingerprint density at radius 1 is 1.10 bits per heavy atom. The first-order chi connectivity index (χ1) is 10.2. The fourth-order valence-corrected chi connectivity index (χ4v) is 2.18. The van der Waals surface area contributed by atoms with Crippen LogP contribution in [0.25, 0.3) is 0 Å². The van der Waals surface area contributed by atoms with Crippen molar-refractivity contribution in [3.8, 4) is 0 Å². The first-order valence-electron chi connectivity index (χ1n) is 6.98. The molecule has 0 spiro atoms. The summed E-state index contributed by atoms with van der Waals surface area (Å²) in [4.78, 5) is 12.2. The van der Waals surface area contributed by atoms with Gasteiger partial charge in [0.1, 0.15) is 5.82 Å². The lowest BCUT2D eigenvalue weighted by Gasteiger charge is -2.15. The second-order valence-electron chi connectivity index (χ2n) is 4.87. The van der Waals surface area contributed by atoms with E-state index in [4.69, 9.17) is 5.73 Å². The highest BCUT2D eigenvalue weighted by Crippen LogP contribution is 2.14. The predicted molar refractivity (Wildman–Crippen MR) is 81.4 cm³/mol. The first kappa shape index (κ1) is 15.2. The minimum atomic E-state index is -0.334. The molecular weight excluding hydrogens is 267 g/mol. The minimum Gasteiger partial charge on any atom is -0.355 e. The van der Waals surface area contributed by atoms with E-state index in [1.807, 2.05) is 30.3 Å². The molecule has 110 valence electrons. The average molecular weight is 286 g/mol. The monoisotopic (exact) mass is 286 g/mol. The van der Waals surface area contributed by atoms with E-state index >= 15 is 0 Å². The van der Waals surface area contributed by atoms with Gasteiger partial charge in [0.2, 0.25) is 5.91 Å². The lowest BCUT2D eigenvalue weighted by Crippen LogP contribution is -2.34. The SMILES string of the molecule is NCC(C(=O)NCCc1ccc(F)cc1)c1ccccc1. The van der Waals surface area contributed by atoms with Gasteiger partial charge in [-0.3, -0.25) is 4.79 Å². The van der Waals surface area contributed by atoms with Crippen LogP contribution < -0.4 is 11.1 Å². The predicted octanol–water partition coefficient (Wildman–Crippen LogP) is 2.23. The van der Waals surface area contributed by atoms with Gasteiger partial charge in [-0.2, -0.15) is 0 Å². The average Bonchev–Trinajstić information content (AvgIpc) is 2.51. The van der Waals surface area contributed by atoms with Crippen LogP contribution in [0.3, 0.4) is 0 Å². The van der Waals surface area contributed by atoms with Crippen LogP contribution in [0.15, 0.2) is 54.6 Å². The minimum absolute atomic E-state index is 0.0780. The zero-order valence-electron chi connectivity index (χ0n) is 11.8. The van der Waals surface area contributed by atoms with Gasteiger partial charge in [0.15, 0.2) is 0 Å². The molecule has 0 saturated carbocycles. The van der Waals surface area contributed by atoms with Crippen LogP contribution in [0.2, 0.25) is 0 Å². The van der Waals surface area contributed by atoms with E-state index in [9.17, 15) is 9.18 Å².